The molecule has 0 spiro atoms. The molecule has 1 saturated heterocycles. The second kappa shape index (κ2) is 5.55. The average molecular weight is 171 g/mol. The Bertz CT molecular complexity index is 116. The maximum atomic E-state index is 5.55. The van der Waals surface area contributed by atoms with Crippen molar-refractivity contribution in [1.82, 2.24) is 5.32 Å². The molecule has 2 heteroatoms. The maximum Gasteiger partial charge on any atom is 0.0508 e. The van der Waals surface area contributed by atoms with Crippen LogP contribution in [0, 0.1) is 11.8 Å². The Labute approximate surface area is 75.7 Å². The van der Waals surface area contributed by atoms with Gasteiger partial charge >= 0.3 is 0 Å². The average Bonchev–Trinajstić information content (AvgIpc) is 2.09. The van der Waals surface area contributed by atoms with E-state index in [1.807, 2.05) is 0 Å². The summed E-state index contributed by atoms with van der Waals surface area (Å²) < 4.78 is 5.55. The third-order valence-electron chi connectivity index (χ3n) is 2.67. The molecule has 12 heavy (non-hydrogen) atoms. The van der Waals surface area contributed by atoms with Gasteiger partial charge in [0.05, 0.1) is 6.61 Å². The van der Waals surface area contributed by atoms with Crippen molar-refractivity contribution in [3.05, 3.63) is 0 Å². The van der Waals surface area contributed by atoms with Crippen molar-refractivity contribution in [2.75, 3.05) is 26.3 Å². The lowest BCUT2D eigenvalue weighted by Gasteiger charge is -2.29. The van der Waals surface area contributed by atoms with Crippen molar-refractivity contribution in [2.45, 2.75) is 26.7 Å². The van der Waals surface area contributed by atoms with Gasteiger partial charge in [-0.25, -0.2) is 0 Å². The molecular weight excluding hydrogens is 150 g/mol. The first kappa shape index (κ1) is 10.0. The zero-order valence-corrected chi connectivity index (χ0v) is 8.31. The normalized spacial score (nSPS) is 30.5. The molecule has 0 amide bonds. The molecular formula is C10H21NO. The van der Waals surface area contributed by atoms with Crippen LogP contribution in [0.4, 0.5) is 0 Å². The molecule has 1 fully saturated rings. The van der Waals surface area contributed by atoms with E-state index in [1.165, 1.54) is 13.0 Å². The minimum Gasteiger partial charge on any atom is -0.381 e. The Morgan fingerprint density at radius 3 is 3.00 bits per heavy atom. The standard InChI is InChI=1S/C10H21NO/c1-3-6-12-8-10-7-11-5-4-9(10)2/h9-11H,3-8H2,1-2H3. The Morgan fingerprint density at radius 2 is 2.33 bits per heavy atom. The Balaban J connectivity index is 2.11. The SMILES string of the molecule is CCCOCC1CNCCC1C. The molecule has 1 heterocycles. The van der Waals surface area contributed by atoms with Gasteiger partial charge in [0.2, 0.25) is 0 Å². The summed E-state index contributed by atoms with van der Waals surface area (Å²) in [5.74, 6) is 1.58. The van der Waals surface area contributed by atoms with Crippen molar-refractivity contribution >= 4 is 0 Å². The van der Waals surface area contributed by atoms with Crippen LogP contribution in [-0.4, -0.2) is 26.3 Å². The topological polar surface area (TPSA) is 21.3 Å². The highest BCUT2D eigenvalue weighted by atomic mass is 16.5. The van der Waals surface area contributed by atoms with Crippen LogP contribution in [0.15, 0.2) is 0 Å². The summed E-state index contributed by atoms with van der Waals surface area (Å²) in [6, 6.07) is 0. The number of nitrogens with one attached hydrogen (secondary N) is 1. The number of ether oxygens (including phenoxy) is 1. The third kappa shape index (κ3) is 3.11. The highest BCUT2D eigenvalue weighted by molar-refractivity contribution is 4.74. The van der Waals surface area contributed by atoms with Crippen LogP contribution in [-0.2, 0) is 4.74 Å². The van der Waals surface area contributed by atoms with E-state index < -0.39 is 0 Å². The van der Waals surface area contributed by atoms with Crippen molar-refractivity contribution < 1.29 is 4.74 Å². The molecule has 2 unspecified atom stereocenters. The van der Waals surface area contributed by atoms with Gasteiger partial charge in [0.1, 0.15) is 0 Å². The molecule has 0 radical (unpaired) electrons. The Morgan fingerprint density at radius 1 is 1.50 bits per heavy atom. The Kier molecular flexibility index (Phi) is 4.62. The van der Waals surface area contributed by atoms with Crippen LogP contribution in [0.2, 0.25) is 0 Å². The lowest BCUT2D eigenvalue weighted by molar-refractivity contribution is 0.0700. The smallest absolute Gasteiger partial charge is 0.0508 e. The first-order chi connectivity index (χ1) is 5.84. The molecule has 2 nitrogen and oxygen atoms in total. The number of hydrogen-bond donors (Lipinski definition) is 1. The second-order valence-corrected chi connectivity index (χ2v) is 3.81. The molecule has 0 aromatic heterocycles. The first-order valence-electron chi connectivity index (χ1n) is 5.13. The van der Waals surface area contributed by atoms with Gasteiger partial charge in [0.25, 0.3) is 0 Å². The summed E-state index contributed by atoms with van der Waals surface area (Å²) >= 11 is 0. The van der Waals surface area contributed by atoms with E-state index >= 15 is 0 Å². The molecule has 1 aliphatic rings. The zero-order valence-electron chi connectivity index (χ0n) is 8.31. The van der Waals surface area contributed by atoms with E-state index in [2.05, 4.69) is 19.2 Å². The molecule has 0 saturated carbocycles. The summed E-state index contributed by atoms with van der Waals surface area (Å²) in [5.41, 5.74) is 0. The van der Waals surface area contributed by atoms with E-state index in [4.69, 9.17) is 4.74 Å². The lowest BCUT2D eigenvalue weighted by Crippen LogP contribution is -2.37. The van der Waals surface area contributed by atoms with Gasteiger partial charge in [-0.3, -0.25) is 0 Å². The Hall–Kier alpha value is -0.0800. The van der Waals surface area contributed by atoms with E-state index in [-0.39, 0.29) is 0 Å². The van der Waals surface area contributed by atoms with Crippen molar-refractivity contribution in [1.29, 1.82) is 0 Å². The second-order valence-electron chi connectivity index (χ2n) is 3.81. The minimum absolute atomic E-state index is 0.741. The van der Waals surface area contributed by atoms with Gasteiger partial charge in [-0.15, -0.1) is 0 Å². The lowest BCUT2D eigenvalue weighted by atomic mass is 9.89. The number of rotatable bonds is 4. The minimum atomic E-state index is 0.741. The van der Waals surface area contributed by atoms with Gasteiger partial charge in [-0.1, -0.05) is 13.8 Å². The van der Waals surface area contributed by atoms with E-state index in [0.29, 0.717) is 0 Å². The van der Waals surface area contributed by atoms with Crippen molar-refractivity contribution in [3.8, 4) is 0 Å². The van der Waals surface area contributed by atoms with E-state index in [0.717, 1.165) is 38.0 Å². The molecule has 0 aliphatic carbocycles. The molecule has 1 rings (SSSR count). The fourth-order valence-corrected chi connectivity index (χ4v) is 1.66. The summed E-state index contributed by atoms with van der Waals surface area (Å²) in [6.45, 7) is 8.69. The van der Waals surface area contributed by atoms with E-state index in [9.17, 15) is 0 Å². The number of hydrogen-bond acceptors (Lipinski definition) is 2. The van der Waals surface area contributed by atoms with Crippen LogP contribution in [0.3, 0.4) is 0 Å². The van der Waals surface area contributed by atoms with Crippen LogP contribution in [0.25, 0.3) is 0 Å². The van der Waals surface area contributed by atoms with Crippen molar-refractivity contribution in [3.63, 3.8) is 0 Å². The molecule has 0 aromatic rings. The quantitative estimate of drug-likeness (QED) is 0.649. The van der Waals surface area contributed by atoms with Gasteiger partial charge in [-0.2, -0.15) is 0 Å². The van der Waals surface area contributed by atoms with Gasteiger partial charge in [0.15, 0.2) is 0 Å². The first-order valence-corrected chi connectivity index (χ1v) is 5.13. The van der Waals surface area contributed by atoms with Crippen LogP contribution in [0.5, 0.6) is 0 Å². The van der Waals surface area contributed by atoms with E-state index in [1.54, 1.807) is 0 Å². The monoisotopic (exact) mass is 171 g/mol. The predicted octanol–water partition coefficient (Wildman–Crippen LogP) is 1.66. The molecule has 0 aromatic carbocycles. The summed E-state index contributed by atoms with van der Waals surface area (Å²) in [4.78, 5) is 0. The fourth-order valence-electron chi connectivity index (χ4n) is 1.66. The van der Waals surface area contributed by atoms with Gasteiger partial charge in [-0.05, 0) is 31.2 Å². The van der Waals surface area contributed by atoms with Crippen molar-refractivity contribution in [2.24, 2.45) is 11.8 Å². The van der Waals surface area contributed by atoms with Crippen LogP contribution >= 0.6 is 0 Å². The number of piperidine rings is 1. The fraction of sp³-hybridized carbons (Fsp3) is 1.00. The van der Waals surface area contributed by atoms with Gasteiger partial charge in [0, 0.05) is 13.2 Å². The largest absolute Gasteiger partial charge is 0.381 e. The van der Waals surface area contributed by atoms with Crippen LogP contribution in [0.1, 0.15) is 26.7 Å². The molecule has 72 valence electrons. The highest BCUT2D eigenvalue weighted by Crippen LogP contribution is 2.18. The van der Waals surface area contributed by atoms with Crippen LogP contribution < -0.4 is 5.32 Å². The maximum absolute atomic E-state index is 5.55. The highest BCUT2D eigenvalue weighted by Gasteiger charge is 2.20. The molecule has 1 aliphatic heterocycles. The predicted molar refractivity (Wildman–Crippen MR) is 51.3 cm³/mol. The van der Waals surface area contributed by atoms with Gasteiger partial charge < -0.3 is 10.1 Å². The summed E-state index contributed by atoms with van der Waals surface area (Å²) in [7, 11) is 0. The molecule has 2 atom stereocenters. The molecule has 1 N–H and O–H groups in total. The third-order valence-corrected chi connectivity index (χ3v) is 2.67. The zero-order chi connectivity index (χ0) is 8.81. The summed E-state index contributed by atoms with van der Waals surface area (Å²) in [5, 5.41) is 3.41. The summed E-state index contributed by atoms with van der Waals surface area (Å²) in [6.07, 6.45) is 2.44. The molecule has 0 bridgehead atoms.